The van der Waals surface area contributed by atoms with E-state index in [0.29, 0.717) is 11.4 Å². The van der Waals surface area contributed by atoms with Crippen LogP contribution in [0, 0.1) is 0 Å². The summed E-state index contributed by atoms with van der Waals surface area (Å²) in [5.41, 5.74) is -0.301. The summed E-state index contributed by atoms with van der Waals surface area (Å²) in [6.45, 7) is -0.0112. The highest BCUT2D eigenvalue weighted by Gasteiger charge is 2.48. The first-order valence-corrected chi connectivity index (χ1v) is 9.49. The van der Waals surface area contributed by atoms with Crippen LogP contribution < -0.4 is 0 Å². The number of pyridine rings is 1. The van der Waals surface area contributed by atoms with Gasteiger partial charge >= 0.3 is 0 Å². The zero-order chi connectivity index (χ0) is 20.1. The van der Waals surface area contributed by atoms with E-state index in [2.05, 4.69) is 15.3 Å². The zero-order valence-corrected chi connectivity index (χ0v) is 17.0. The Bertz CT molecular complexity index is 1040. The quantitative estimate of drug-likeness (QED) is 0.606. The minimum atomic E-state index is -1.34. The molecule has 0 spiro atoms. The van der Waals surface area contributed by atoms with Crippen LogP contribution in [-0.2, 0) is 5.60 Å². The third-order valence-corrected chi connectivity index (χ3v) is 5.97. The molecule has 1 fully saturated rings. The van der Waals surface area contributed by atoms with Crippen molar-refractivity contribution >= 4 is 52.3 Å². The molecule has 28 heavy (non-hydrogen) atoms. The standard InChI is InChI=1S/C17H11Cl4N5O2/c18-10-4-11(19)15(21)13(14(10)20)16(27)25-7-17(28,8-25)12-6-26(24-23-12)9-2-1-3-22-5-9/h1-6,28H,7-8H2. The third-order valence-electron chi connectivity index (χ3n) is 4.40. The molecule has 4 rings (SSSR count). The first-order chi connectivity index (χ1) is 13.3. The smallest absolute Gasteiger partial charge is 0.257 e. The Hall–Kier alpha value is -1.90. The Morgan fingerprint density at radius 2 is 1.82 bits per heavy atom. The topological polar surface area (TPSA) is 84.1 Å². The number of aromatic nitrogens is 4. The predicted molar refractivity (Wildman–Crippen MR) is 105 cm³/mol. The van der Waals surface area contributed by atoms with E-state index >= 15 is 0 Å². The molecule has 0 saturated carbocycles. The van der Waals surface area contributed by atoms with Crippen molar-refractivity contribution in [3.63, 3.8) is 0 Å². The fourth-order valence-corrected chi connectivity index (χ4v) is 3.87. The van der Waals surface area contributed by atoms with E-state index in [9.17, 15) is 9.90 Å². The lowest BCUT2D eigenvalue weighted by Crippen LogP contribution is -2.61. The molecule has 0 unspecified atom stereocenters. The Morgan fingerprint density at radius 3 is 2.43 bits per heavy atom. The van der Waals surface area contributed by atoms with Crippen LogP contribution in [0.25, 0.3) is 5.69 Å². The molecular weight excluding hydrogens is 448 g/mol. The van der Waals surface area contributed by atoms with Gasteiger partial charge in [-0.2, -0.15) is 0 Å². The molecule has 0 bridgehead atoms. The minimum Gasteiger partial charge on any atom is -0.380 e. The number of carbonyl (C=O) groups is 1. The van der Waals surface area contributed by atoms with Gasteiger partial charge in [0.25, 0.3) is 5.91 Å². The number of aliphatic hydroxyl groups is 1. The van der Waals surface area contributed by atoms with Gasteiger partial charge in [-0.05, 0) is 18.2 Å². The lowest BCUT2D eigenvalue weighted by Gasteiger charge is -2.45. The van der Waals surface area contributed by atoms with Gasteiger partial charge in [-0.25, -0.2) is 4.68 Å². The number of hydrogen-bond acceptors (Lipinski definition) is 5. The molecule has 7 nitrogen and oxygen atoms in total. The number of halogens is 4. The molecule has 1 amide bonds. The van der Waals surface area contributed by atoms with Gasteiger partial charge in [-0.3, -0.25) is 9.78 Å². The van der Waals surface area contributed by atoms with Crippen molar-refractivity contribution in [2.75, 3.05) is 13.1 Å². The average molecular weight is 459 g/mol. The summed E-state index contributed by atoms with van der Waals surface area (Å²) in [4.78, 5) is 18.2. The van der Waals surface area contributed by atoms with Crippen molar-refractivity contribution < 1.29 is 9.90 Å². The molecule has 0 radical (unpaired) electrons. The number of nitrogens with zero attached hydrogens (tertiary/aromatic N) is 5. The number of carbonyl (C=O) groups excluding carboxylic acids is 1. The number of amides is 1. The normalized spacial score (nSPS) is 15.4. The van der Waals surface area contributed by atoms with Gasteiger partial charge in [0.2, 0.25) is 0 Å². The first kappa shape index (κ1) is 19.4. The summed E-state index contributed by atoms with van der Waals surface area (Å²) < 4.78 is 1.50. The first-order valence-electron chi connectivity index (χ1n) is 7.98. The van der Waals surface area contributed by atoms with E-state index in [1.165, 1.54) is 15.6 Å². The fraction of sp³-hybridized carbons (Fsp3) is 0.176. The maximum atomic E-state index is 12.8. The van der Waals surface area contributed by atoms with Gasteiger partial charge in [-0.1, -0.05) is 51.6 Å². The van der Waals surface area contributed by atoms with Gasteiger partial charge in [0.05, 0.1) is 56.8 Å². The highest BCUT2D eigenvalue weighted by Crippen LogP contribution is 2.40. The second-order valence-electron chi connectivity index (χ2n) is 6.30. The summed E-state index contributed by atoms with van der Waals surface area (Å²) in [5.74, 6) is -0.483. The number of likely N-dealkylation sites (tertiary alicyclic amines) is 1. The molecule has 0 atom stereocenters. The average Bonchev–Trinajstić information content (AvgIpc) is 3.15. The molecule has 1 aliphatic heterocycles. The molecule has 1 aliphatic rings. The summed E-state index contributed by atoms with van der Waals surface area (Å²) >= 11 is 24.3. The van der Waals surface area contributed by atoms with Crippen molar-refractivity contribution in [2.24, 2.45) is 0 Å². The van der Waals surface area contributed by atoms with Gasteiger partial charge in [0.15, 0.2) is 0 Å². The van der Waals surface area contributed by atoms with Gasteiger partial charge in [-0.15, -0.1) is 5.10 Å². The van der Waals surface area contributed by atoms with E-state index < -0.39 is 11.5 Å². The van der Waals surface area contributed by atoms with Crippen LogP contribution in [0.4, 0.5) is 0 Å². The van der Waals surface area contributed by atoms with Crippen LogP contribution in [0.1, 0.15) is 16.1 Å². The van der Waals surface area contributed by atoms with Gasteiger partial charge in [0, 0.05) is 6.20 Å². The molecule has 3 heterocycles. The molecule has 1 aromatic carbocycles. The van der Waals surface area contributed by atoms with E-state index in [4.69, 9.17) is 46.4 Å². The van der Waals surface area contributed by atoms with Crippen LogP contribution in [0.15, 0.2) is 36.8 Å². The van der Waals surface area contributed by atoms with Crippen molar-refractivity contribution in [1.29, 1.82) is 0 Å². The van der Waals surface area contributed by atoms with Crippen molar-refractivity contribution in [3.05, 3.63) is 68.1 Å². The maximum absolute atomic E-state index is 12.8. The Morgan fingerprint density at radius 1 is 1.14 bits per heavy atom. The molecular formula is C17H11Cl4N5O2. The van der Waals surface area contributed by atoms with E-state index in [-0.39, 0.29) is 38.7 Å². The van der Waals surface area contributed by atoms with Crippen molar-refractivity contribution in [1.82, 2.24) is 24.9 Å². The summed E-state index contributed by atoms with van der Waals surface area (Å²) in [6, 6.07) is 4.94. The van der Waals surface area contributed by atoms with Crippen LogP contribution in [0.2, 0.25) is 20.1 Å². The minimum absolute atomic E-state index is 0.00176. The Kier molecular flexibility index (Phi) is 4.97. The molecule has 0 aliphatic carbocycles. The van der Waals surface area contributed by atoms with Crippen LogP contribution >= 0.6 is 46.4 Å². The van der Waals surface area contributed by atoms with Crippen LogP contribution in [0.5, 0.6) is 0 Å². The second kappa shape index (κ2) is 7.17. The van der Waals surface area contributed by atoms with Gasteiger partial charge in [0.1, 0.15) is 11.3 Å². The lowest BCUT2D eigenvalue weighted by molar-refractivity contribution is -0.0892. The summed E-state index contributed by atoms with van der Waals surface area (Å²) in [7, 11) is 0. The van der Waals surface area contributed by atoms with E-state index in [1.54, 1.807) is 30.7 Å². The van der Waals surface area contributed by atoms with Crippen LogP contribution in [-0.4, -0.2) is 49.0 Å². The Balaban J connectivity index is 1.55. The third kappa shape index (κ3) is 3.23. The SMILES string of the molecule is O=C(c1c(Cl)c(Cl)cc(Cl)c1Cl)N1CC(O)(c2cn(-c3cccnc3)nn2)C1. The zero-order valence-electron chi connectivity index (χ0n) is 14.0. The van der Waals surface area contributed by atoms with Crippen molar-refractivity contribution in [2.45, 2.75) is 5.60 Å². The summed E-state index contributed by atoms with van der Waals surface area (Å²) in [5, 5.41) is 19.1. The molecule has 3 aromatic rings. The second-order valence-corrected chi connectivity index (χ2v) is 7.87. The number of benzene rings is 1. The van der Waals surface area contributed by atoms with E-state index in [0.717, 1.165) is 0 Å². The van der Waals surface area contributed by atoms with Gasteiger partial charge < -0.3 is 10.0 Å². The number of rotatable bonds is 3. The predicted octanol–water partition coefficient (Wildman–Crippen LogP) is 3.62. The molecule has 144 valence electrons. The van der Waals surface area contributed by atoms with Crippen LogP contribution in [0.3, 0.4) is 0 Å². The number of hydrogen-bond donors (Lipinski definition) is 1. The monoisotopic (exact) mass is 457 g/mol. The summed E-state index contributed by atoms with van der Waals surface area (Å²) in [6.07, 6.45) is 4.85. The fourth-order valence-electron chi connectivity index (χ4n) is 2.90. The number of β-amino-alcohol motifs (C(OH)–C–C–N with tert-alkyl or cyclic N) is 1. The van der Waals surface area contributed by atoms with E-state index in [1.807, 2.05) is 0 Å². The molecule has 11 heteroatoms. The lowest BCUT2D eigenvalue weighted by atomic mass is 9.90. The molecule has 2 aromatic heterocycles. The largest absolute Gasteiger partial charge is 0.380 e. The molecule has 1 saturated heterocycles. The Labute approximate surface area is 179 Å². The maximum Gasteiger partial charge on any atom is 0.257 e. The highest BCUT2D eigenvalue weighted by molar-refractivity contribution is 6.50. The molecule has 1 N–H and O–H groups in total. The highest BCUT2D eigenvalue weighted by atomic mass is 35.5. The van der Waals surface area contributed by atoms with Crippen molar-refractivity contribution in [3.8, 4) is 5.69 Å².